The molecule has 0 spiro atoms. The van der Waals surface area contributed by atoms with E-state index in [0.717, 1.165) is 29.6 Å². The van der Waals surface area contributed by atoms with Gasteiger partial charge in [0.05, 0.1) is 23.8 Å². The minimum atomic E-state index is -0.0431. The molecule has 1 fully saturated rings. The number of hydrogen-bond acceptors (Lipinski definition) is 7. The highest BCUT2D eigenvalue weighted by Crippen LogP contribution is 2.24. The Labute approximate surface area is 203 Å². The number of aromatic nitrogens is 4. The largest absolute Gasteiger partial charge is 0.352 e. The monoisotopic (exact) mass is 468 g/mol. The SMILES string of the molecule is O=C(NCCCN1CCCC1)c1ccc(CN=Nc2ncnc3c2cnn3-c2ccccc2)cc1. The summed E-state index contributed by atoms with van der Waals surface area (Å²) < 4.78 is 1.76. The van der Waals surface area contributed by atoms with E-state index in [-0.39, 0.29) is 5.91 Å². The van der Waals surface area contributed by atoms with E-state index in [9.17, 15) is 4.79 Å². The number of benzene rings is 2. The van der Waals surface area contributed by atoms with Crippen molar-refractivity contribution in [3.8, 4) is 5.69 Å². The van der Waals surface area contributed by atoms with Crippen molar-refractivity contribution >= 4 is 22.8 Å². The number of azo groups is 1. The molecule has 0 atom stereocenters. The van der Waals surface area contributed by atoms with E-state index in [1.807, 2.05) is 54.6 Å². The summed E-state index contributed by atoms with van der Waals surface area (Å²) in [5.74, 6) is 0.431. The third-order valence-corrected chi connectivity index (χ3v) is 6.12. The summed E-state index contributed by atoms with van der Waals surface area (Å²) >= 11 is 0. The Hall–Kier alpha value is -3.98. The number of fused-ring (bicyclic) bond motifs is 1. The molecule has 0 saturated carbocycles. The lowest BCUT2D eigenvalue weighted by atomic mass is 10.1. The number of likely N-dealkylation sites (tertiary alicyclic amines) is 1. The van der Waals surface area contributed by atoms with Crippen LogP contribution in [0.3, 0.4) is 0 Å². The van der Waals surface area contributed by atoms with Crippen LogP contribution in [0.4, 0.5) is 5.82 Å². The summed E-state index contributed by atoms with van der Waals surface area (Å²) in [6, 6.07) is 17.3. The van der Waals surface area contributed by atoms with Gasteiger partial charge in [0.15, 0.2) is 11.5 Å². The molecule has 1 aliphatic rings. The fourth-order valence-corrected chi connectivity index (χ4v) is 4.23. The number of carbonyl (C=O) groups excluding carboxylic acids is 1. The molecule has 1 saturated heterocycles. The van der Waals surface area contributed by atoms with E-state index < -0.39 is 0 Å². The summed E-state index contributed by atoms with van der Waals surface area (Å²) in [5.41, 5.74) is 3.21. The third kappa shape index (κ3) is 5.58. The van der Waals surface area contributed by atoms with Gasteiger partial charge in [-0.3, -0.25) is 4.79 Å². The molecular weight excluding hydrogens is 440 g/mol. The number of hydrogen-bond donors (Lipinski definition) is 1. The zero-order chi connectivity index (χ0) is 23.9. The molecule has 35 heavy (non-hydrogen) atoms. The second-order valence-electron chi connectivity index (χ2n) is 8.58. The number of nitrogens with one attached hydrogen (secondary N) is 1. The maximum absolute atomic E-state index is 12.4. The maximum atomic E-state index is 12.4. The predicted molar refractivity (Wildman–Crippen MR) is 134 cm³/mol. The fraction of sp³-hybridized carbons (Fsp3) is 0.308. The quantitative estimate of drug-likeness (QED) is 0.291. The van der Waals surface area contributed by atoms with Crippen molar-refractivity contribution in [2.75, 3.05) is 26.2 Å². The van der Waals surface area contributed by atoms with E-state index in [2.05, 4.69) is 35.5 Å². The van der Waals surface area contributed by atoms with Crippen molar-refractivity contribution in [3.05, 3.63) is 78.2 Å². The lowest BCUT2D eigenvalue weighted by Crippen LogP contribution is -2.28. The number of para-hydroxylation sites is 1. The molecule has 178 valence electrons. The van der Waals surface area contributed by atoms with Crippen LogP contribution in [-0.4, -0.2) is 56.7 Å². The van der Waals surface area contributed by atoms with Crippen LogP contribution in [0.5, 0.6) is 0 Å². The molecule has 0 unspecified atom stereocenters. The fourth-order valence-electron chi connectivity index (χ4n) is 4.23. The highest BCUT2D eigenvalue weighted by atomic mass is 16.1. The van der Waals surface area contributed by atoms with Crippen molar-refractivity contribution in [3.63, 3.8) is 0 Å². The van der Waals surface area contributed by atoms with Gasteiger partial charge in [0, 0.05) is 12.1 Å². The molecule has 1 aliphatic heterocycles. The highest BCUT2D eigenvalue weighted by Gasteiger charge is 2.12. The first kappa shape index (κ1) is 22.8. The predicted octanol–water partition coefficient (Wildman–Crippen LogP) is 4.32. The van der Waals surface area contributed by atoms with Crippen LogP contribution in [0.25, 0.3) is 16.7 Å². The summed E-state index contributed by atoms with van der Waals surface area (Å²) in [4.78, 5) is 23.5. The minimum Gasteiger partial charge on any atom is -0.352 e. The van der Waals surface area contributed by atoms with E-state index in [0.29, 0.717) is 30.1 Å². The molecule has 2 aromatic carbocycles. The lowest BCUT2D eigenvalue weighted by Gasteiger charge is -2.14. The summed E-state index contributed by atoms with van der Waals surface area (Å²) in [7, 11) is 0. The van der Waals surface area contributed by atoms with Gasteiger partial charge < -0.3 is 10.2 Å². The van der Waals surface area contributed by atoms with Crippen molar-refractivity contribution in [2.24, 2.45) is 10.2 Å². The molecule has 2 aromatic heterocycles. The summed E-state index contributed by atoms with van der Waals surface area (Å²) in [5, 5.41) is 16.8. The van der Waals surface area contributed by atoms with Crippen LogP contribution in [0.2, 0.25) is 0 Å². The Morgan fingerprint density at radius 1 is 1.00 bits per heavy atom. The Kier molecular flexibility index (Phi) is 7.14. The molecule has 4 aromatic rings. The van der Waals surface area contributed by atoms with E-state index >= 15 is 0 Å². The van der Waals surface area contributed by atoms with Crippen LogP contribution in [0.1, 0.15) is 35.2 Å². The first-order valence-corrected chi connectivity index (χ1v) is 12.0. The zero-order valence-corrected chi connectivity index (χ0v) is 19.5. The van der Waals surface area contributed by atoms with Crippen molar-refractivity contribution in [2.45, 2.75) is 25.8 Å². The second kappa shape index (κ2) is 11.0. The maximum Gasteiger partial charge on any atom is 0.251 e. The Balaban J connectivity index is 1.16. The number of amides is 1. The van der Waals surface area contributed by atoms with Gasteiger partial charge in [-0.15, -0.1) is 5.11 Å². The molecule has 3 heterocycles. The van der Waals surface area contributed by atoms with Crippen LogP contribution in [-0.2, 0) is 6.54 Å². The van der Waals surface area contributed by atoms with E-state index in [1.54, 1.807) is 10.9 Å². The molecule has 9 nitrogen and oxygen atoms in total. The standard InChI is InChI=1S/C26H28N8O/c35-26(27-13-6-16-33-14-4-5-15-33)21-11-9-20(10-12-21)17-30-32-24-23-18-31-34(25(23)29-19-28-24)22-7-2-1-3-8-22/h1-3,7-12,18-19H,4-6,13-17H2,(H,27,35). The molecule has 0 bridgehead atoms. The van der Waals surface area contributed by atoms with Gasteiger partial charge >= 0.3 is 0 Å². The highest BCUT2D eigenvalue weighted by molar-refractivity contribution is 5.94. The normalized spacial score (nSPS) is 14.2. The molecule has 0 radical (unpaired) electrons. The number of nitrogens with zero attached hydrogens (tertiary/aromatic N) is 7. The summed E-state index contributed by atoms with van der Waals surface area (Å²) in [6.07, 6.45) is 6.73. The molecule has 9 heteroatoms. The second-order valence-corrected chi connectivity index (χ2v) is 8.58. The van der Waals surface area contributed by atoms with Gasteiger partial charge in [0.25, 0.3) is 5.91 Å². The summed E-state index contributed by atoms with van der Waals surface area (Å²) in [6.45, 7) is 4.50. The number of rotatable bonds is 9. The topological polar surface area (TPSA) is 101 Å². The first-order chi connectivity index (χ1) is 17.3. The number of carbonyl (C=O) groups is 1. The molecule has 1 N–H and O–H groups in total. The lowest BCUT2D eigenvalue weighted by molar-refractivity contribution is 0.0952. The molecular formula is C26H28N8O. The van der Waals surface area contributed by atoms with Crippen LogP contribution < -0.4 is 5.32 Å². The van der Waals surface area contributed by atoms with Gasteiger partial charge in [-0.1, -0.05) is 30.3 Å². The smallest absolute Gasteiger partial charge is 0.251 e. The molecule has 5 rings (SSSR count). The van der Waals surface area contributed by atoms with Crippen LogP contribution in [0, 0.1) is 0 Å². The Morgan fingerprint density at radius 2 is 1.80 bits per heavy atom. The van der Waals surface area contributed by atoms with Crippen molar-refractivity contribution < 1.29 is 4.79 Å². The van der Waals surface area contributed by atoms with Gasteiger partial charge in [-0.25, -0.2) is 14.6 Å². The first-order valence-electron chi connectivity index (χ1n) is 12.0. The molecule has 0 aliphatic carbocycles. The van der Waals surface area contributed by atoms with Crippen LogP contribution >= 0.6 is 0 Å². The van der Waals surface area contributed by atoms with Gasteiger partial charge in [0.2, 0.25) is 0 Å². The van der Waals surface area contributed by atoms with Crippen LogP contribution in [0.15, 0.2) is 77.3 Å². The average Bonchev–Trinajstić information content (AvgIpc) is 3.58. The Bertz CT molecular complexity index is 1290. The minimum absolute atomic E-state index is 0.0431. The Morgan fingerprint density at radius 3 is 2.60 bits per heavy atom. The van der Waals surface area contributed by atoms with Gasteiger partial charge in [-0.05, 0) is 68.7 Å². The average molecular weight is 469 g/mol. The van der Waals surface area contributed by atoms with Crippen molar-refractivity contribution in [1.82, 2.24) is 30.0 Å². The van der Waals surface area contributed by atoms with Gasteiger partial charge in [0.1, 0.15) is 6.33 Å². The van der Waals surface area contributed by atoms with E-state index in [4.69, 9.17) is 0 Å². The third-order valence-electron chi connectivity index (χ3n) is 6.12. The van der Waals surface area contributed by atoms with Crippen molar-refractivity contribution in [1.29, 1.82) is 0 Å². The molecule has 1 amide bonds. The van der Waals surface area contributed by atoms with Gasteiger partial charge in [-0.2, -0.15) is 10.2 Å². The zero-order valence-electron chi connectivity index (χ0n) is 19.5. The van der Waals surface area contributed by atoms with E-state index in [1.165, 1.54) is 32.3 Å².